The van der Waals surface area contributed by atoms with E-state index in [2.05, 4.69) is 6.92 Å². The second-order valence-electron chi connectivity index (χ2n) is 4.52. The summed E-state index contributed by atoms with van der Waals surface area (Å²) in [7, 11) is 0. The maximum Gasteiger partial charge on any atom is 0.0466 e. The summed E-state index contributed by atoms with van der Waals surface area (Å²) in [4.78, 5) is 0. The molecule has 0 saturated carbocycles. The number of unbranched alkanes of at least 4 members (excludes halogenated alkanes) is 8. The lowest BCUT2D eigenvalue weighted by molar-refractivity contribution is 0.125. The summed E-state index contributed by atoms with van der Waals surface area (Å²) in [5.41, 5.74) is 0. The Balaban J connectivity index is 2.83. The Kier molecular flexibility index (Phi) is 14.8. The lowest BCUT2D eigenvalue weighted by Gasteiger charge is -2.04. The second-order valence-corrected chi connectivity index (χ2v) is 4.52. The molecular formula is C14H30O2. The van der Waals surface area contributed by atoms with Crippen LogP contribution in [0.2, 0.25) is 0 Å². The van der Waals surface area contributed by atoms with E-state index in [1.54, 1.807) is 0 Å². The highest BCUT2D eigenvalue weighted by molar-refractivity contribution is 4.45. The van der Waals surface area contributed by atoms with Gasteiger partial charge in [-0.15, -0.1) is 0 Å². The fourth-order valence-electron chi connectivity index (χ4n) is 1.76. The van der Waals surface area contributed by atoms with Gasteiger partial charge in [-0.1, -0.05) is 51.9 Å². The minimum Gasteiger partial charge on any atom is -0.396 e. The van der Waals surface area contributed by atoms with E-state index in [-0.39, 0.29) is 0 Å². The number of hydrogen-bond donors (Lipinski definition) is 1. The van der Waals surface area contributed by atoms with Gasteiger partial charge in [0.25, 0.3) is 0 Å². The van der Waals surface area contributed by atoms with Crippen LogP contribution in [0.3, 0.4) is 0 Å². The Bertz CT molecular complexity index is 101. The van der Waals surface area contributed by atoms with Gasteiger partial charge < -0.3 is 9.84 Å². The molecule has 0 rings (SSSR count). The topological polar surface area (TPSA) is 29.5 Å². The first-order valence-corrected chi connectivity index (χ1v) is 7.10. The van der Waals surface area contributed by atoms with Crippen molar-refractivity contribution in [1.82, 2.24) is 0 Å². The van der Waals surface area contributed by atoms with Crippen molar-refractivity contribution in [3.63, 3.8) is 0 Å². The fourth-order valence-corrected chi connectivity index (χ4v) is 1.76. The minimum atomic E-state index is 0.332. The summed E-state index contributed by atoms with van der Waals surface area (Å²) >= 11 is 0. The van der Waals surface area contributed by atoms with Crippen LogP contribution in [-0.4, -0.2) is 24.9 Å². The molecule has 2 nitrogen and oxygen atoms in total. The molecule has 0 spiro atoms. The van der Waals surface area contributed by atoms with Crippen LogP contribution in [0.1, 0.15) is 71.1 Å². The van der Waals surface area contributed by atoms with Gasteiger partial charge in [-0.05, 0) is 19.3 Å². The first-order valence-electron chi connectivity index (χ1n) is 7.10. The smallest absolute Gasteiger partial charge is 0.0466 e. The molecule has 0 aliphatic carbocycles. The highest BCUT2D eigenvalue weighted by atomic mass is 16.5. The van der Waals surface area contributed by atoms with Gasteiger partial charge >= 0.3 is 0 Å². The standard InChI is InChI=1S/C14H30O2/c1-2-3-4-5-7-10-13-16-14-11-8-6-9-12-15/h15H,2-14H2,1H3. The van der Waals surface area contributed by atoms with Crippen molar-refractivity contribution in [2.75, 3.05) is 19.8 Å². The van der Waals surface area contributed by atoms with Gasteiger partial charge in [0.2, 0.25) is 0 Å². The molecule has 0 aromatic carbocycles. The van der Waals surface area contributed by atoms with Gasteiger partial charge in [0, 0.05) is 19.8 Å². The molecule has 1 N–H and O–H groups in total. The van der Waals surface area contributed by atoms with Gasteiger partial charge in [0.1, 0.15) is 0 Å². The molecular weight excluding hydrogens is 200 g/mol. The lowest BCUT2D eigenvalue weighted by atomic mass is 10.1. The summed E-state index contributed by atoms with van der Waals surface area (Å²) in [6.07, 6.45) is 12.4. The van der Waals surface area contributed by atoms with Crippen LogP contribution in [-0.2, 0) is 4.74 Å². The van der Waals surface area contributed by atoms with E-state index in [9.17, 15) is 0 Å². The predicted molar refractivity (Wildman–Crippen MR) is 69.7 cm³/mol. The third kappa shape index (κ3) is 13.9. The average Bonchev–Trinajstić information content (AvgIpc) is 2.31. The van der Waals surface area contributed by atoms with Crippen molar-refractivity contribution >= 4 is 0 Å². The van der Waals surface area contributed by atoms with Gasteiger partial charge in [0.15, 0.2) is 0 Å². The Morgan fingerprint density at radius 1 is 0.688 bits per heavy atom. The van der Waals surface area contributed by atoms with E-state index in [1.807, 2.05) is 0 Å². The highest BCUT2D eigenvalue weighted by Crippen LogP contribution is 2.05. The molecule has 2 heteroatoms. The van der Waals surface area contributed by atoms with Gasteiger partial charge in [-0.3, -0.25) is 0 Å². The molecule has 0 fully saturated rings. The Labute approximate surface area is 101 Å². The van der Waals surface area contributed by atoms with E-state index < -0.39 is 0 Å². The number of hydrogen-bond acceptors (Lipinski definition) is 2. The third-order valence-corrected chi connectivity index (χ3v) is 2.84. The molecule has 0 saturated heterocycles. The Morgan fingerprint density at radius 3 is 1.75 bits per heavy atom. The molecule has 0 aliphatic heterocycles. The summed E-state index contributed by atoms with van der Waals surface area (Å²) < 4.78 is 5.56. The van der Waals surface area contributed by atoms with E-state index in [0.29, 0.717) is 6.61 Å². The highest BCUT2D eigenvalue weighted by Gasteiger charge is 1.92. The van der Waals surface area contributed by atoms with E-state index >= 15 is 0 Å². The first kappa shape index (κ1) is 15.9. The quantitative estimate of drug-likeness (QED) is 0.486. The normalized spacial score (nSPS) is 10.9. The number of aliphatic hydroxyl groups excluding tert-OH is 1. The van der Waals surface area contributed by atoms with E-state index in [0.717, 1.165) is 32.5 Å². The van der Waals surface area contributed by atoms with Crippen LogP contribution in [0.4, 0.5) is 0 Å². The van der Waals surface area contributed by atoms with E-state index in [4.69, 9.17) is 9.84 Å². The number of ether oxygens (including phenoxy) is 1. The minimum absolute atomic E-state index is 0.332. The molecule has 98 valence electrons. The van der Waals surface area contributed by atoms with Crippen LogP contribution in [0.15, 0.2) is 0 Å². The Hall–Kier alpha value is -0.0800. The van der Waals surface area contributed by atoms with E-state index in [1.165, 1.54) is 44.9 Å². The van der Waals surface area contributed by atoms with Crippen LogP contribution in [0.25, 0.3) is 0 Å². The number of rotatable bonds is 13. The third-order valence-electron chi connectivity index (χ3n) is 2.84. The lowest BCUT2D eigenvalue weighted by Crippen LogP contribution is -1.97. The first-order chi connectivity index (χ1) is 7.91. The maximum absolute atomic E-state index is 8.60. The summed E-state index contributed by atoms with van der Waals surface area (Å²) in [6.45, 7) is 4.42. The van der Waals surface area contributed by atoms with Crippen molar-refractivity contribution < 1.29 is 9.84 Å². The molecule has 0 aromatic rings. The van der Waals surface area contributed by atoms with Crippen molar-refractivity contribution in [1.29, 1.82) is 0 Å². The van der Waals surface area contributed by atoms with Gasteiger partial charge in [-0.2, -0.15) is 0 Å². The second kappa shape index (κ2) is 14.9. The maximum atomic E-state index is 8.60. The summed E-state index contributed by atoms with van der Waals surface area (Å²) in [5.74, 6) is 0. The zero-order valence-corrected chi connectivity index (χ0v) is 11.0. The van der Waals surface area contributed by atoms with Crippen LogP contribution in [0, 0.1) is 0 Å². The molecule has 0 bridgehead atoms. The summed E-state index contributed by atoms with van der Waals surface area (Å²) in [6, 6.07) is 0. The van der Waals surface area contributed by atoms with Crippen molar-refractivity contribution in [2.45, 2.75) is 71.1 Å². The van der Waals surface area contributed by atoms with Gasteiger partial charge in [0.05, 0.1) is 0 Å². The fraction of sp³-hybridized carbons (Fsp3) is 1.00. The molecule has 0 radical (unpaired) electrons. The van der Waals surface area contributed by atoms with Crippen LogP contribution in [0.5, 0.6) is 0 Å². The zero-order valence-electron chi connectivity index (χ0n) is 11.0. The molecule has 0 amide bonds. The van der Waals surface area contributed by atoms with Crippen LogP contribution < -0.4 is 0 Å². The molecule has 0 aliphatic rings. The Morgan fingerprint density at radius 2 is 1.19 bits per heavy atom. The molecule has 16 heavy (non-hydrogen) atoms. The largest absolute Gasteiger partial charge is 0.396 e. The number of aliphatic hydroxyl groups is 1. The van der Waals surface area contributed by atoms with Crippen molar-refractivity contribution in [2.24, 2.45) is 0 Å². The predicted octanol–water partition coefficient (Wildman–Crippen LogP) is 3.92. The molecule has 0 aromatic heterocycles. The molecule has 0 unspecified atom stereocenters. The summed E-state index contributed by atoms with van der Waals surface area (Å²) in [5, 5.41) is 8.60. The van der Waals surface area contributed by atoms with Gasteiger partial charge in [-0.25, -0.2) is 0 Å². The zero-order chi connectivity index (χ0) is 11.9. The molecule has 0 atom stereocenters. The van der Waals surface area contributed by atoms with Crippen LogP contribution >= 0.6 is 0 Å². The average molecular weight is 230 g/mol. The monoisotopic (exact) mass is 230 g/mol. The van der Waals surface area contributed by atoms with Crippen molar-refractivity contribution in [3.05, 3.63) is 0 Å². The van der Waals surface area contributed by atoms with Crippen molar-refractivity contribution in [3.8, 4) is 0 Å². The SMILES string of the molecule is CCCCCCCCOCCCCCCO. The molecule has 0 heterocycles.